The number of imidazole rings is 1. The fraction of sp³-hybridized carbons (Fsp3) is 0.278. The summed E-state index contributed by atoms with van der Waals surface area (Å²) >= 11 is 0. The maximum atomic E-state index is 12.7. The minimum atomic E-state index is -3.51. The van der Waals surface area contributed by atoms with E-state index in [1.165, 1.54) is 8.61 Å². The number of rotatable bonds is 7. The number of para-hydroxylation sites is 2. The van der Waals surface area contributed by atoms with Crippen molar-refractivity contribution in [3.05, 3.63) is 66.5 Å². The maximum Gasteiger partial charge on any atom is 0.281 e. The number of nitrogens with zero attached hydrogens (tertiary/aromatic N) is 4. The zero-order valence-electron chi connectivity index (χ0n) is 14.4. The summed E-state index contributed by atoms with van der Waals surface area (Å²) in [6, 6.07) is 17.4. The van der Waals surface area contributed by atoms with E-state index in [-0.39, 0.29) is 0 Å². The number of likely N-dealkylation sites (N-methyl/N-ethyl adjacent to an activating group) is 1. The standard InChI is InChI=1S/C18H22N4O2S/c1-20(12-13-22-15-19-17-10-6-7-11-18(17)22)25(23,24)21(2)14-16-8-4-3-5-9-16/h3-11,15H,12-14H2,1-2H3. The van der Waals surface area contributed by atoms with Gasteiger partial charge in [0, 0.05) is 33.7 Å². The Bertz CT molecular complexity index is 938. The molecule has 0 unspecified atom stereocenters. The van der Waals surface area contributed by atoms with Gasteiger partial charge >= 0.3 is 0 Å². The highest BCUT2D eigenvalue weighted by Crippen LogP contribution is 2.13. The van der Waals surface area contributed by atoms with Crippen LogP contribution >= 0.6 is 0 Å². The lowest BCUT2D eigenvalue weighted by atomic mass is 10.2. The fourth-order valence-electron chi connectivity index (χ4n) is 2.71. The van der Waals surface area contributed by atoms with Crippen LogP contribution in [0.1, 0.15) is 5.56 Å². The van der Waals surface area contributed by atoms with E-state index < -0.39 is 10.2 Å². The highest BCUT2D eigenvalue weighted by atomic mass is 32.2. The van der Waals surface area contributed by atoms with Crippen LogP contribution in [0.15, 0.2) is 60.9 Å². The smallest absolute Gasteiger partial charge is 0.281 e. The zero-order valence-corrected chi connectivity index (χ0v) is 15.2. The van der Waals surface area contributed by atoms with Crippen LogP contribution in [0.3, 0.4) is 0 Å². The molecule has 1 heterocycles. The SMILES string of the molecule is CN(CCn1cnc2ccccc21)S(=O)(=O)N(C)Cc1ccccc1. The van der Waals surface area contributed by atoms with Gasteiger partial charge in [-0.2, -0.15) is 17.0 Å². The first-order valence-corrected chi connectivity index (χ1v) is 9.49. The van der Waals surface area contributed by atoms with E-state index >= 15 is 0 Å². The van der Waals surface area contributed by atoms with Gasteiger partial charge in [-0.1, -0.05) is 42.5 Å². The molecule has 3 rings (SSSR count). The lowest BCUT2D eigenvalue weighted by Crippen LogP contribution is -2.40. The van der Waals surface area contributed by atoms with Crippen molar-refractivity contribution in [2.24, 2.45) is 0 Å². The second-order valence-corrected chi connectivity index (χ2v) is 8.14. The Morgan fingerprint density at radius 1 is 0.960 bits per heavy atom. The Balaban J connectivity index is 1.66. The largest absolute Gasteiger partial charge is 0.329 e. The Labute approximate surface area is 148 Å². The molecule has 0 aliphatic carbocycles. The molecule has 6 nitrogen and oxygen atoms in total. The molecule has 2 aromatic carbocycles. The molecule has 0 aliphatic heterocycles. The lowest BCUT2D eigenvalue weighted by molar-refractivity contribution is 0.380. The molecule has 0 N–H and O–H groups in total. The topological polar surface area (TPSA) is 58.4 Å². The molecule has 0 spiro atoms. The van der Waals surface area contributed by atoms with Crippen molar-refractivity contribution < 1.29 is 8.42 Å². The number of hydrogen-bond donors (Lipinski definition) is 0. The van der Waals surface area contributed by atoms with Crippen LogP contribution in [0.2, 0.25) is 0 Å². The summed E-state index contributed by atoms with van der Waals surface area (Å²) in [7, 11) is -0.301. The molecule has 0 amide bonds. The third kappa shape index (κ3) is 3.89. The van der Waals surface area contributed by atoms with Gasteiger partial charge in [-0.05, 0) is 17.7 Å². The summed E-state index contributed by atoms with van der Waals surface area (Å²) in [6.07, 6.45) is 1.75. The molecule has 0 bridgehead atoms. The van der Waals surface area contributed by atoms with Gasteiger partial charge in [0.25, 0.3) is 10.2 Å². The van der Waals surface area contributed by atoms with E-state index in [4.69, 9.17) is 0 Å². The quantitative estimate of drug-likeness (QED) is 0.651. The van der Waals surface area contributed by atoms with Crippen LogP contribution in [0.4, 0.5) is 0 Å². The molecular formula is C18H22N4O2S. The molecule has 0 atom stereocenters. The van der Waals surface area contributed by atoms with Gasteiger partial charge in [-0.15, -0.1) is 0 Å². The minimum Gasteiger partial charge on any atom is -0.329 e. The van der Waals surface area contributed by atoms with Crippen molar-refractivity contribution in [3.63, 3.8) is 0 Å². The van der Waals surface area contributed by atoms with Crippen molar-refractivity contribution in [1.82, 2.24) is 18.2 Å². The third-order valence-corrected chi connectivity index (χ3v) is 6.11. The molecular weight excluding hydrogens is 336 g/mol. The Hall–Kier alpha value is -2.22. The van der Waals surface area contributed by atoms with Crippen molar-refractivity contribution in [2.45, 2.75) is 13.1 Å². The predicted octanol–water partition coefficient (Wildman–Crippen LogP) is 2.34. The van der Waals surface area contributed by atoms with Crippen molar-refractivity contribution in [3.8, 4) is 0 Å². The maximum absolute atomic E-state index is 12.7. The average molecular weight is 358 g/mol. The van der Waals surface area contributed by atoms with Gasteiger partial charge in [-0.25, -0.2) is 4.98 Å². The van der Waals surface area contributed by atoms with Gasteiger partial charge in [0.1, 0.15) is 0 Å². The monoisotopic (exact) mass is 358 g/mol. The molecule has 132 valence electrons. The summed E-state index contributed by atoms with van der Waals surface area (Å²) in [5, 5.41) is 0. The third-order valence-electron chi connectivity index (χ3n) is 4.22. The molecule has 0 saturated heterocycles. The minimum absolute atomic E-state index is 0.349. The van der Waals surface area contributed by atoms with Crippen molar-refractivity contribution in [1.29, 1.82) is 0 Å². The van der Waals surface area contributed by atoms with Crippen molar-refractivity contribution in [2.75, 3.05) is 20.6 Å². The normalized spacial score (nSPS) is 12.3. The molecule has 7 heteroatoms. The van der Waals surface area contributed by atoms with Gasteiger partial charge < -0.3 is 4.57 Å². The second kappa shape index (κ2) is 7.35. The molecule has 0 aliphatic rings. The predicted molar refractivity (Wildman–Crippen MR) is 99.2 cm³/mol. The first-order chi connectivity index (χ1) is 12.0. The zero-order chi connectivity index (χ0) is 17.9. The highest BCUT2D eigenvalue weighted by Gasteiger charge is 2.23. The second-order valence-electron chi connectivity index (χ2n) is 6.00. The van der Waals surface area contributed by atoms with Crippen LogP contribution in [-0.2, 0) is 23.3 Å². The molecule has 3 aromatic rings. The number of fused-ring (bicyclic) bond motifs is 1. The van der Waals surface area contributed by atoms with E-state index in [1.807, 2.05) is 59.2 Å². The highest BCUT2D eigenvalue weighted by molar-refractivity contribution is 7.86. The summed E-state index contributed by atoms with van der Waals surface area (Å²) in [5.74, 6) is 0. The number of hydrogen-bond acceptors (Lipinski definition) is 3. The van der Waals surface area contributed by atoms with Crippen LogP contribution in [0.5, 0.6) is 0 Å². The van der Waals surface area contributed by atoms with Crippen molar-refractivity contribution >= 4 is 21.2 Å². The Morgan fingerprint density at radius 3 is 2.40 bits per heavy atom. The average Bonchev–Trinajstić information content (AvgIpc) is 3.03. The fourth-order valence-corrected chi connectivity index (χ4v) is 3.81. The van der Waals surface area contributed by atoms with Gasteiger partial charge in [0.15, 0.2) is 0 Å². The summed E-state index contributed by atoms with van der Waals surface area (Å²) < 4.78 is 30.1. The summed E-state index contributed by atoms with van der Waals surface area (Å²) in [4.78, 5) is 4.33. The van der Waals surface area contributed by atoms with Crippen LogP contribution in [0, 0.1) is 0 Å². The van der Waals surface area contributed by atoms with E-state index in [1.54, 1.807) is 20.4 Å². The molecule has 0 fully saturated rings. The van der Waals surface area contributed by atoms with E-state index in [2.05, 4.69) is 4.98 Å². The summed E-state index contributed by atoms with van der Waals surface area (Å²) in [6.45, 7) is 1.28. The van der Waals surface area contributed by atoms with Gasteiger partial charge in [0.2, 0.25) is 0 Å². The molecule has 1 aromatic heterocycles. The number of aromatic nitrogens is 2. The van der Waals surface area contributed by atoms with Crippen LogP contribution < -0.4 is 0 Å². The van der Waals surface area contributed by atoms with E-state index in [0.29, 0.717) is 19.6 Å². The molecule has 0 radical (unpaired) electrons. The summed E-state index contributed by atoms with van der Waals surface area (Å²) in [5.41, 5.74) is 2.88. The lowest BCUT2D eigenvalue weighted by Gasteiger charge is -2.24. The first-order valence-electron chi connectivity index (χ1n) is 8.10. The van der Waals surface area contributed by atoms with Gasteiger partial charge in [-0.3, -0.25) is 0 Å². The Kier molecular flexibility index (Phi) is 5.17. The van der Waals surface area contributed by atoms with Gasteiger partial charge in [0.05, 0.1) is 17.4 Å². The van der Waals surface area contributed by atoms with E-state index in [9.17, 15) is 8.42 Å². The Morgan fingerprint density at radius 2 is 1.64 bits per heavy atom. The molecule has 0 saturated carbocycles. The number of benzene rings is 2. The molecule has 25 heavy (non-hydrogen) atoms. The van der Waals surface area contributed by atoms with Crippen LogP contribution in [-0.4, -0.2) is 47.2 Å². The van der Waals surface area contributed by atoms with Crippen LogP contribution in [0.25, 0.3) is 11.0 Å². The van der Waals surface area contributed by atoms with E-state index in [0.717, 1.165) is 16.6 Å². The first kappa shape index (κ1) is 17.6.